The number of hydrogen-bond donors (Lipinski definition) is 3. The zero-order chi connectivity index (χ0) is 16.9. The molecule has 24 heavy (non-hydrogen) atoms. The molecule has 7 heteroatoms. The summed E-state index contributed by atoms with van der Waals surface area (Å²) >= 11 is 0. The summed E-state index contributed by atoms with van der Waals surface area (Å²) in [6, 6.07) is 7.88. The number of aromatic nitrogens is 2. The second kappa shape index (κ2) is 7.33. The zero-order valence-corrected chi connectivity index (χ0v) is 13.8. The van der Waals surface area contributed by atoms with Crippen LogP contribution in [0.15, 0.2) is 24.3 Å². The van der Waals surface area contributed by atoms with E-state index in [1.807, 2.05) is 29.2 Å². The van der Waals surface area contributed by atoms with Gasteiger partial charge in [0.05, 0.1) is 11.0 Å². The summed E-state index contributed by atoms with van der Waals surface area (Å²) in [5.74, 6) is 1.09. The molecule has 1 aromatic heterocycles. The van der Waals surface area contributed by atoms with E-state index >= 15 is 0 Å². The van der Waals surface area contributed by atoms with Crippen molar-refractivity contribution >= 4 is 23.0 Å². The molecule has 7 nitrogen and oxygen atoms in total. The van der Waals surface area contributed by atoms with Crippen molar-refractivity contribution in [1.29, 1.82) is 0 Å². The van der Waals surface area contributed by atoms with Gasteiger partial charge < -0.3 is 20.5 Å². The first-order valence-electron chi connectivity index (χ1n) is 8.35. The molecule has 1 aliphatic heterocycles. The van der Waals surface area contributed by atoms with Gasteiger partial charge in [0, 0.05) is 39.0 Å². The molecule has 3 N–H and O–H groups in total. The number of nitrogens with zero attached hydrogens (tertiary/aromatic N) is 2. The molecule has 0 aliphatic carbocycles. The third kappa shape index (κ3) is 3.84. The van der Waals surface area contributed by atoms with Crippen LogP contribution in [0, 0.1) is 0 Å². The Morgan fingerprint density at radius 3 is 2.88 bits per heavy atom. The number of H-pyrrole nitrogens is 1. The molecule has 2 heterocycles. The van der Waals surface area contributed by atoms with Crippen LogP contribution < -0.4 is 10.6 Å². The average Bonchev–Trinajstić information content (AvgIpc) is 3.02. The number of imidazole rings is 1. The number of amides is 3. The monoisotopic (exact) mass is 329 g/mol. The van der Waals surface area contributed by atoms with Crippen molar-refractivity contribution in [2.45, 2.75) is 25.7 Å². The maximum Gasteiger partial charge on any atom is 0.317 e. The van der Waals surface area contributed by atoms with Crippen LogP contribution in [0.5, 0.6) is 0 Å². The summed E-state index contributed by atoms with van der Waals surface area (Å²) in [5, 5.41) is 5.51. The van der Waals surface area contributed by atoms with Crippen molar-refractivity contribution in [2.24, 2.45) is 0 Å². The molecule has 3 amide bonds. The lowest BCUT2D eigenvalue weighted by molar-refractivity contribution is -0.118. The van der Waals surface area contributed by atoms with Crippen molar-refractivity contribution in [1.82, 2.24) is 25.5 Å². The lowest BCUT2D eigenvalue weighted by Crippen LogP contribution is -2.46. The van der Waals surface area contributed by atoms with Crippen molar-refractivity contribution in [3.8, 4) is 0 Å². The van der Waals surface area contributed by atoms with E-state index in [1.54, 1.807) is 0 Å². The van der Waals surface area contributed by atoms with Crippen LogP contribution in [-0.4, -0.2) is 53.0 Å². The number of benzene rings is 1. The van der Waals surface area contributed by atoms with Gasteiger partial charge in [-0.3, -0.25) is 4.79 Å². The summed E-state index contributed by atoms with van der Waals surface area (Å²) in [4.78, 5) is 32.9. The van der Waals surface area contributed by atoms with Crippen LogP contribution >= 0.6 is 0 Å². The fourth-order valence-electron chi connectivity index (χ4n) is 3.07. The number of fused-ring (bicyclic) bond motifs is 1. The number of urea groups is 1. The maximum absolute atomic E-state index is 12.3. The van der Waals surface area contributed by atoms with Gasteiger partial charge in [-0.1, -0.05) is 12.1 Å². The third-order valence-corrected chi connectivity index (χ3v) is 4.28. The number of piperidine rings is 1. The van der Waals surface area contributed by atoms with Gasteiger partial charge in [0.2, 0.25) is 5.91 Å². The minimum absolute atomic E-state index is 0.0823. The Morgan fingerprint density at radius 1 is 1.29 bits per heavy atom. The number of aromatic amines is 1. The molecule has 2 aromatic rings. The zero-order valence-electron chi connectivity index (χ0n) is 13.8. The Hall–Kier alpha value is -2.57. The number of para-hydroxylation sites is 2. The highest BCUT2D eigenvalue weighted by molar-refractivity contribution is 5.76. The van der Waals surface area contributed by atoms with E-state index in [-0.39, 0.29) is 17.9 Å². The second-order valence-electron chi connectivity index (χ2n) is 6.14. The Morgan fingerprint density at radius 2 is 2.08 bits per heavy atom. The van der Waals surface area contributed by atoms with Crippen LogP contribution in [0.2, 0.25) is 0 Å². The van der Waals surface area contributed by atoms with Gasteiger partial charge in [0.1, 0.15) is 5.82 Å². The number of nitrogens with one attached hydrogen (secondary N) is 3. The Balaban J connectivity index is 1.57. The molecule has 0 radical (unpaired) electrons. The topological polar surface area (TPSA) is 90.1 Å². The van der Waals surface area contributed by atoms with Crippen molar-refractivity contribution in [3.63, 3.8) is 0 Å². The Labute approximate surface area is 140 Å². The first-order chi connectivity index (χ1) is 11.6. The second-order valence-corrected chi connectivity index (χ2v) is 6.14. The van der Waals surface area contributed by atoms with Gasteiger partial charge in [0.15, 0.2) is 0 Å². The molecule has 1 unspecified atom stereocenters. The summed E-state index contributed by atoms with van der Waals surface area (Å²) in [6.07, 6.45) is 1.98. The quantitative estimate of drug-likeness (QED) is 0.744. The molecule has 0 saturated carbocycles. The largest absolute Gasteiger partial charge is 0.355 e. The highest BCUT2D eigenvalue weighted by Crippen LogP contribution is 2.26. The van der Waals surface area contributed by atoms with Gasteiger partial charge in [-0.15, -0.1) is 0 Å². The van der Waals surface area contributed by atoms with E-state index in [0.29, 0.717) is 19.6 Å². The number of carbonyl (C=O) groups is 2. The number of carbonyl (C=O) groups excluding carboxylic acids is 2. The van der Waals surface area contributed by atoms with E-state index in [1.165, 1.54) is 6.92 Å². The van der Waals surface area contributed by atoms with Gasteiger partial charge in [0.25, 0.3) is 0 Å². The summed E-state index contributed by atoms with van der Waals surface area (Å²) in [7, 11) is 0. The van der Waals surface area contributed by atoms with E-state index in [2.05, 4.69) is 20.6 Å². The maximum atomic E-state index is 12.3. The molecule has 1 aliphatic rings. The normalized spacial score (nSPS) is 17.7. The predicted molar refractivity (Wildman–Crippen MR) is 91.7 cm³/mol. The molecule has 3 rings (SSSR count). The van der Waals surface area contributed by atoms with Crippen LogP contribution in [-0.2, 0) is 4.79 Å². The lowest BCUT2D eigenvalue weighted by Gasteiger charge is -2.31. The smallest absolute Gasteiger partial charge is 0.317 e. The van der Waals surface area contributed by atoms with E-state index in [4.69, 9.17) is 0 Å². The Kier molecular flexibility index (Phi) is 4.98. The highest BCUT2D eigenvalue weighted by Gasteiger charge is 2.26. The molecule has 1 fully saturated rings. The average molecular weight is 329 g/mol. The van der Waals surface area contributed by atoms with E-state index in [9.17, 15) is 9.59 Å². The predicted octanol–water partition coefficient (Wildman–Crippen LogP) is 1.59. The van der Waals surface area contributed by atoms with Gasteiger partial charge in [-0.2, -0.15) is 0 Å². The first kappa shape index (κ1) is 16.3. The van der Waals surface area contributed by atoms with Gasteiger partial charge >= 0.3 is 6.03 Å². The van der Waals surface area contributed by atoms with Gasteiger partial charge in [-0.25, -0.2) is 9.78 Å². The van der Waals surface area contributed by atoms with E-state index < -0.39 is 0 Å². The van der Waals surface area contributed by atoms with Crippen molar-refractivity contribution in [3.05, 3.63) is 30.1 Å². The van der Waals surface area contributed by atoms with Gasteiger partial charge in [-0.05, 0) is 25.0 Å². The molecule has 1 atom stereocenters. The van der Waals surface area contributed by atoms with E-state index in [0.717, 1.165) is 36.2 Å². The molecule has 128 valence electrons. The van der Waals surface area contributed by atoms with Crippen LogP contribution in [0.4, 0.5) is 4.79 Å². The first-order valence-corrected chi connectivity index (χ1v) is 8.35. The fourth-order valence-corrected chi connectivity index (χ4v) is 3.07. The molecule has 0 bridgehead atoms. The summed E-state index contributed by atoms with van der Waals surface area (Å²) in [5.41, 5.74) is 1.99. The van der Waals surface area contributed by atoms with Crippen molar-refractivity contribution in [2.75, 3.05) is 26.2 Å². The number of hydrogen-bond acceptors (Lipinski definition) is 3. The van der Waals surface area contributed by atoms with Crippen molar-refractivity contribution < 1.29 is 9.59 Å². The molecule has 1 aromatic carbocycles. The summed E-state index contributed by atoms with van der Waals surface area (Å²) < 4.78 is 0. The molecular formula is C17H23N5O2. The fraction of sp³-hybridized carbons (Fsp3) is 0.471. The number of likely N-dealkylation sites (tertiary alicyclic amines) is 1. The van der Waals surface area contributed by atoms with Crippen LogP contribution in [0.3, 0.4) is 0 Å². The Bertz CT molecular complexity index is 694. The highest BCUT2D eigenvalue weighted by atomic mass is 16.2. The lowest BCUT2D eigenvalue weighted by atomic mass is 9.98. The van der Waals surface area contributed by atoms with Crippen LogP contribution in [0.1, 0.15) is 31.5 Å². The molecule has 0 spiro atoms. The SMILES string of the molecule is CC(=O)NCCNC(=O)N1CCCC(c2nc3ccccc3[nH]2)C1. The molecular weight excluding hydrogens is 306 g/mol. The minimum atomic E-state index is -0.0906. The summed E-state index contributed by atoms with van der Waals surface area (Å²) in [6.45, 7) is 3.75. The minimum Gasteiger partial charge on any atom is -0.355 e. The standard InChI is InChI=1S/C17H23N5O2/c1-12(23)18-8-9-19-17(24)22-10-4-5-13(11-22)16-20-14-6-2-3-7-15(14)21-16/h2-3,6-7,13H,4-5,8-11H2,1H3,(H,18,23)(H,19,24)(H,20,21). The molecule has 1 saturated heterocycles. The third-order valence-electron chi connectivity index (χ3n) is 4.28. The van der Waals surface area contributed by atoms with Crippen LogP contribution in [0.25, 0.3) is 11.0 Å². The number of rotatable bonds is 4.